The molecule has 4 heteroatoms. The summed E-state index contributed by atoms with van der Waals surface area (Å²) >= 11 is 3.39. The van der Waals surface area contributed by atoms with Crippen LogP contribution in [0.3, 0.4) is 0 Å². The van der Waals surface area contributed by atoms with E-state index in [4.69, 9.17) is 4.74 Å². The van der Waals surface area contributed by atoms with E-state index in [2.05, 4.69) is 28.2 Å². The van der Waals surface area contributed by atoms with Gasteiger partial charge in [0.05, 0.1) is 0 Å². The fourth-order valence-electron chi connectivity index (χ4n) is 4.01. The molecule has 2 saturated carbocycles. The summed E-state index contributed by atoms with van der Waals surface area (Å²) in [4.78, 5) is 12.0. The highest BCUT2D eigenvalue weighted by molar-refractivity contribution is 9.10. The molecule has 2 fully saturated rings. The van der Waals surface area contributed by atoms with Crippen molar-refractivity contribution in [1.82, 2.24) is 5.32 Å². The van der Waals surface area contributed by atoms with Gasteiger partial charge in [0.25, 0.3) is 5.91 Å². The number of hydrogen-bond donors (Lipinski definition) is 1. The molecule has 0 unspecified atom stereocenters. The second-order valence-electron chi connectivity index (χ2n) is 6.44. The van der Waals surface area contributed by atoms with Gasteiger partial charge in [-0.25, -0.2) is 0 Å². The Bertz CT molecular complexity index is 519. The van der Waals surface area contributed by atoms with Crippen molar-refractivity contribution in [1.29, 1.82) is 0 Å². The SMILES string of the molecule is C[C@H](NC(=O)COc1cccc(Br)c1)[C@H]1C[C@H]2CC[C@H]1C2. The third-order valence-electron chi connectivity index (χ3n) is 4.99. The summed E-state index contributed by atoms with van der Waals surface area (Å²) in [6, 6.07) is 7.82. The zero-order chi connectivity index (χ0) is 14.8. The summed E-state index contributed by atoms with van der Waals surface area (Å²) < 4.78 is 6.49. The summed E-state index contributed by atoms with van der Waals surface area (Å²) in [5, 5.41) is 3.12. The molecule has 0 spiro atoms. The zero-order valence-electron chi connectivity index (χ0n) is 12.3. The number of fused-ring (bicyclic) bond motifs is 2. The molecule has 2 aliphatic rings. The van der Waals surface area contributed by atoms with Crippen LogP contribution in [0.1, 0.15) is 32.6 Å². The topological polar surface area (TPSA) is 38.3 Å². The van der Waals surface area contributed by atoms with Crippen LogP contribution < -0.4 is 10.1 Å². The molecule has 4 atom stereocenters. The molecular weight excluding hydrogens is 330 g/mol. The summed E-state index contributed by atoms with van der Waals surface area (Å²) in [5.41, 5.74) is 0. The zero-order valence-corrected chi connectivity index (χ0v) is 13.9. The Morgan fingerprint density at radius 3 is 2.95 bits per heavy atom. The minimum atomic E-state index is -0.0229. The quantitative estimate of drug-likeness (QED) is 0.876. The molecule has 2 aliphatic carbocycles. The number of carbonyl (C=O) groups excluding carboxylic acids is 1. The molecule has 2 bridgehead atoms. The number of carbonyl (C=O) groups is 1. The van der Waals surface area contributed by atoms with Crippen LogP contribution in [-0.2, 0) is 4.79 Å². The van der Waals surface area contributed by atoms with Crippen molar-refractivity contribution in [2.75, 3.05) is 6.61 Å². The van der Waals surface area contributed by atoms with Crippen molar-refractivity contribution >= 4 is 21.8 Å². The minimum Gasteiger partial charge on any atom is -0.484 e. The van der Waals surface area contributed by atoms with E-state index in [1.165, 1.54) is 25.7 Å². The van der Waals surface area contributed by atoms with Crippen molar-refractivity contribution in [2.24, 2.45) is 17.8 Å². The minimum absolute atomic E-state index is 0.0229. The Balaban J connectivity index is 1.46. The Hall–Kier alpha value is -1.03. The molecule has 3 rings (SSSR count). The number of amides is 1. The summed E-state index contributed by atoms with van der Waals surface area (Å²) in [6.07, 6.45) is 5.41. The largest absolute Gasteiger partial charge is 0.484 e. The third kappa shape index (κ3) is 3.60. The van der Waals surface area contributed by atoms with Gasteiger partial charge in [-0.2, -0.15) is 0 Å². The molecule has 1 amide bonds. The number of rotatable bonds is 5. The van der Waals surface area contributed by atoms with E-state index in [1.807, 2.05) is 24.3 Å². The van der Waals surface area contributed by atoms with E-state index in [0.29, 0.717) is 11.7 Å². The van der Waals surface area contributed by atoms with Gasteiger partial charge in [-0.3, -0.25) is 4.79 Å². The lowest BCUT2D eigenvalue weighted by atomic mass is 9.84. The Kier molecular flexibility index (Phi) is 4.53. The first-order chi connectivity index (χ1) is 10.1. The summed E-state index contributed by atoms with van der Waals surface area (Å²) in [5.74, 6) is 3.10. The van der Waals surface area contributed by atoms with E-state index in [-0.39, 0.29) is 18.6 Å². The number of benzene rings is 1. The predicted octanol–water partition coefficient (Wildman–Crippen LogP) is 3.77. The lowest BCUT2D eigenvalue weighted by Crippen LogP contribution is -2.42. The normalized spacial score (nSPS) is 28.4. The molecule has 0 saturated heterocycles. The molecule has 114 valence electrons. The van der Waals surface area contributed by atoms with Crippen molar-refractivity contribution in [3.63, 3.8) is 0 Å². The fourth-order valence-corrected chi connectivity index (χ4v) is 4.39. The third-order valence-corrected chi connectivity index (χ3v) is 5.48. The highest BCUT2D eigenvalue weighted by Gasteiger charge is 2.42. The monoisotopic (exact) mass is 351 g/mol. The Labute approximate surface area is 134 Å². The average Bonchev–Trinajstić information content (AvgIpc) is 3.08. The molecule has 0 aromatic heterocycles. The first-order valence-corrected chi connectivity index (χ1v) is 8.59. The predicted molar refractivity (Wildman–Crippen MR) is 86.2 cm³/mol. The smallest absolute Gasteiger partial charge is 0.258 e. The lowest BCUT2D eigenvalue weighted by molar-refractivity contribution is -0.124. The van der Waals surface area contributed by atoms with Crippen LogP contribution in [-0.4, -0.2) is 18.6 Å². The van der Waals surface area contributed by atoms with Crippen LogP contribution in [0.15, 0.2) is 28.7 Å². The van der Waals surface area contributed by atoms with Gasteiger partial charge in [0.15, 0.2) is 6.61 Å². The van der Waals surface area contributed by atoms with Crippen molar-refractivity contribution in [3.8, 4) is 5.75 Å². The maximum absolute atomic E-state index is 12.0. The van der Waals surface area contributed by atoms with Gasteiger partial charge < -0.3 is 10.1 Å². The van der Waals surface area contributed by atoms with Crippen molar-refractivity contribution < 1.29 is 9.53 Å². The van der Waals surface area contributed by atoms with E-state index in [9.17, 15) is 4.79 Å². The molecule has 3 nitrogen and oxygen atoms in total. The van der Waals surface area contributed by atoms with Gasteiger partial charge in [0.2, 0.25) is 0 Å². The Morgan fingerprint density at radius 1 is 1.43 bits per heavy atom. The fraction of sp³-hybridized carbons (Fsp3) is 0.588. The van der Waals surface area contributed by atoms with E-state index >= 15 is 0 Å². The molecular formula is C17H22BrNO2. The first kappa shape index (κ1) is 14.9. The standard InChI is InChI=1S/C17H22BrNO2/c1-11(16-8-12-5-6-13(16)7-12)19-17(20)10-21-15-4-2-3-14(18)9-15/h2-4,9,11-13,16H,5-8,10H2,1H3,(H,19,20)/t11-,12-,13-,16+/m0/s1. The summed E-state index contributed by atoms with van der Waals surface area (Å²) in [6.45, 7) is 2.23. The number of halogens is 1. The molecule has 1 aromatic carbocycles. The van der Waals surface area contributed by atoms with Crippen molar-refractivity contribution in [3.05, 3.63) is 28.7 Å². The van der Waals surface area contributed by atoms with Gasteiger partial charge >= 0.3 is 0 Å². The van der Waals surface area contributed by atoms with Gasteiger partial charge in [-0.05, 0) is 62.1 Å². The van der Waals surface area contributed by atoms with Crippen LogP contribution in [0.2, 0.25) is 0 Å². The lowest BCUT2D eigenvalue weighted by Gasteiger charge is -2.28. The van der Waals surface area contributed by atoms with Gasteiger partial charge in [-0.15, -0.1) is 0 Å². The molecule has 0 radical (unpaired) electrons. The van der Waals surface area contributed by atoms with E-state index in [0.717, 1.165) is 16.3 Å². The number of nitrogens with one attached hydrogen (secondary N) is 1. The van der Waals surface area contributed by atoms with E-state index in [1.54, 1.807) is 0 Å². The second kappa shape index (κ2) is 6.39. The Morgan fingerprint density at radius 2 is 2.29 bits per heavy atom. The van der Waals surface area contributed by atoms with Gasteiger partial charge in [-0.1, -0.05) is 28.4 Å². The van der Waals surface area contributed by atoms with Crippen LogP contribution in [0.4, 0.5) is 0 Å². The second-order valence-corrected chi connectivity index (χ2v) is 7.36. The summed E-state index contributed by atoms with van der Waals surface area (Å²) in [7, 11) is 0. The van der Waals surface area contributed by atoms with E-state index < -0.39 is 0 Å². The molecule has 0 heterocycles. The van der Waals surface area contributed by atoms with Crippen LogP contribution in [0.5, 0.6) is 5.75 Å². The average molecular weight is 352 g/mol. The van der Waals surface area contributed by atoms with Crippen LogP contribution >= 0.6 is 15.9 Å². The van der Waals surface area contributed by atoms with Gasteiger partial charge in [0, 0.05) is 10.5 Å². The number of hydrogen-bond acceptors (Lipinski definition) is 2. The van der Waals surface area contributed by atoms with Crippen LogP contribution in [0, 0.1) is 17.8 Å². The highest BCUT2D eigenvalue weighted by Crippen LogP contribution is 2.49. The highest BCUT2D eigenvalue weighted by atomic mass is 79.9. The number of ether oxygens (including phenoxy) is 1. The molecule has 21 heavy (non-hydrogen) atoms. The maximum atomic E-state index is 12.0. The van der Waals surface area contributed by atoms with Crippen molar-refractivity contribution in [2.45, 2.75) is 38.6 Å². The maximum Gasteiger partial charge on any atom is 0.258 e. The van der Waals surface area contributed by atoms with Crippen LogP contribution in [0.25, 0.3) is 0 Å². The molecule has 1 N–H and O–H groups in total. The molecule has 1 aromatic rings. The van der Waals surface area contributed by atoms with Gasteiger partial charge in [0.1, 0.15) is 5.75 Å². The first-order valence-electron chi connectivity index (χ1n) is 7.79. The molecule has 0 aliphatic heterocycles.